The summed E-state index contributed by atoms with van der Waals surface area (Å²) in [6, 6.07) is 3.07. The maximum absolute atomic E-state index is 10.9. The van der Waals surface area contributed by atoms with E-state index in [0.717, 1.165) is 5.69 Å². The van der Waals surface area contributed by atoms with Crippen molar-refractivity contribution in [3.63, 3.8) is 0 Å². The zero-order chi connectivity index (χ0) is 13.1. The van der Waals surface area contributed by atoms with E-state index in [0.29, 0.717) is 6.61 Å². The van der Waals surface area contributed by atoms with Crippen LogP contribution in [0.2, 0.25) is 0 Å². The van der Waals surface area contributed by atoms with Crippen molar-refractivity contribution in [3.05, 3.63) is 27.9 Å². The van der Waals surface area contributed by atoms with Gasteiger partial charge in [0, 0.05) is 18.9 Å². The summed E-state index contributed by atoms with van der Waals surface area (Å²) in [5, 5.41) is 13.9. The van der Waals surface area contributed by atoms with Gasteiger partial charge in [0.15, 0.2) is 0 Å². The van der Waals surface area contributed by atoms with Gasteiger partial charge in [-0.2, -0.15) is 0 Å². The Morgan fingerprint density at radius 1 is 1.53 bits per heavy atom. The van der Waals surface area contributed by atoms with Crippen molar-refractivity contribution >= 4 is 11.5 Å². The molecule has 0 aromatic carbocycles. The summed E-state index contributed by atoms with van der Waals surface area (Å²) < 4.78 is 5.05. The van der Waals surface area contributed by atoms with Gasteiger partial charge in [-0.15, -0.1) is 0 Å². The molecule has 6 heteroatoms. The van der Waals surface area contributed by atoms with Crippen molar-refractivity contribution in [1.29, 1.82) is 0 Å². The van der Waals surface area contributed by atoms with Gasteiger partial charge in [-0.3, -0.25) is 10.1 Å². The first kappa shape index (κ1) is 13.4. The molecule has 17 heavy (non-hydrogen) atoms. The summed E-state index contributed by atoms with van der Waals surface area (Å²) >= 11 is 0. The van der Waals surface area contributed by atoms with Gasteiger partial charge >= 0.3 is 5.69 Å². The predicted molar refractivity (Wildman–Crippen MR) is 65.2 cm³/mol. The summed E-state index contributed by atoms with van der Waals surface area (Å²) in [7, 11) is 1.58. The van der Waals surface area contributed by atoms with Crippen molar-refractivity contribution in [2.75, 3.05) is 19.0 Å². The molecule has 0 aliphatic heterocycles. The first-order valence-corrected chi connectivity index (χ1v) is 5.25. The second-order valence-corrected chi connectivity index (χ2v) is 4.52. The van der Waals surface area contributed by atoms with Gasteiger partial charge in [-0.05, 0) is 26.8 Å². The fraction of sp³-hybridized carbons (Fsp3) is 0.545. The molecule has 0 amide bonds. The topological polar surface area (TPSA) is 77.3 Å². The van der Waals surface area contributed by atoms with E-state index in [1.54, 1.807) is 20.1 Å². The van der Waals surface area contributed by atoms with Crippen molar-refractivity contribution in [1.82, 2.24) is 4.98 Å². The van der Waals surface area contributed by atoms with E-state index in [1.165, 1.54) is 6.07 Å². The van der Waals surface area contributed by atoms with Crippen molar-refractivity contribution < 1.29 is 9.66 Å². The molecule has 1 rings (SSSR count). The molecule has 0 aliphatic rings. The third-order valence-electron chi connectivity index (χ3n) is 2.17. The number of rotatable bonds is 5. The SMILES string of the molecule is COCC(C)(C)Nc1nc(C)ccc1[N+](=O)[O-]. The maximum Gasteiger partial charge on any atom is 0.311 e. The minimum Gasteiger partial charge on any atom is -0.382 e. The Morgan fingerprint density at radius 2 is 2.18 bits per heavy atom. The molecule has 1 aromatic heterocycles. The number of nitro groups is 1. The van der Waals surface area contributed by atoms with Gasteiger partial charge in [0.25, 0.3) is 0 Å². The first-order valence-electron chi connectivity index (χ1n) is 5.25. The minimum absolute atomic E-state index is 0.0280. The van der Waals surface area contributed by atoms with Gasteiger partial charge < -0.3 is 10.1 Å². The highest BCUT2D eigenvalue weighted by atomic mass is 16.6. The van der Waals surface area contributed by atoms with E-state index in [1.807, 2.05) is 13.8 Å². The molecule has 6 nitrogen and oxygen atoms in total. The number of aromatic nitrogens is 1. The van der Waals surface area contributed by atoms with E-state index < -0.39 is 10.5 Å². The van der Waals surface area contributed by atoms with E-state index in [9.17, 15) is 10.1 Å². The Morgan fingerprint density at radius 3 is 2.71 bits per heavy atom. The van der Waals surface area contributed by atoms with E-state index in [2.05, 4.69) is 10.3 Å². The van der Waals surface area contributed by atoms with Gasteiger partial charge in [0.05, 0.1) is 17.1 Å². The lowest BCUT2D eigenvalue weighted by molar-refractivity contribution is -0.384. The van der Waals surface area contributed by atoms with Crippen LogP contribution in [-0.4, -0.2) is 29.2 Å². The molecule has 0 unspecified atom stereocenters. The zero-order valence-corrected chi connectivity index (χ0v) is 10.5. The molecular weight excluding hydrogens is 222 g/mol. The minimum atomic E-state index is -0.447. The molecule has 0 saturated heterocycles. The molecule has 0 atom stereocenters. The van der Waals surface area contributed by atoms with Crippen LogP contribution < -0.4 is 5.32 Å². The maximum atomic E-state index is 10.9. The van der Waals surface area contributed by atoms with Gasteiger partial charge in [0.1, 0.15) is 0 Å². The van der Waals surface area contributed by atoms with Crippen LogP contribution in [0.15, 0.2) is 12.1 Å². The number of methoxy groups -OCH3 is 1. The second kappa shape index (κ2) is 5.09. The largest absolute Gasteiger partial charge is 0.382 e. The monoisotopic (exact) mass is 239 g/mol. The smallest absolute Gasteiger partial charge is 0.311 e. The number of nitrogens with zero attached hydrogens (tertiary/aromatic N) is 2. The van der Waals surface area contributed by atoms with Gasteiger partial charge in [-0.1, -0.05) is 0 Å². The summed E-state index contributed by atoms with van der Waals surface area (Å²) in [5.74, 6) is 0.275. The fourth-order valence-electron chi connectivity index (χ4n) is 1.51. The molecule has 1 heterocycles. The van der Waals surface area contributed by atoms with E-state index in [-0.39, 0.29) is 11.5 Å². The molecular formula is C11H17N3O3. The number of ether oxygens (including phenoxy) is 1. The molecule has 0 radical (unpaired) electrons. The highest BCUT2D eigenvalue weighted by Crippen LogP contribution is 2.25. The standard InChI is InChI=1S/C11H17N3O3/c1-8-5-6-9(14(15)16)10(12-8)13-11(2,3)7-17-4/h5-6H,7H2,1-4H3,(H,12,13). The molecule has 1 aromatic rings. The lowest BCUT2D eigenvalue weighted by atomic mass is 10.1. The summed E-state index contributed by atoms with van der Waals surface area (Å²) in [6.45, 7) is 6.01. The molecule has 0 spiro atoms. The Balaban J connectivity index is 3.04. The molecule has 1 N–H and O–H groups in total. The van der Waals surface area contributed by atoms with Crippen LogP contribution in [0, 0.1) is 17.0 Å². The highest BCUT2D eigenvalue weighted by Gasteiger charge is 2.23. The number of hydrogen-bond donors (Lipinski definition) is 1. The number of hydrogen-bond acceptors (Lipinski definition) is 5. The Bertz CT molecular complexity index is 418. The van der Waals surface area contributed by atoms with Crippen LogP contribution in [0.25, 0.3) is 0 Å². The molecule has 0 bridgehead atoms. The second-order valence-electron chi connectivity index (χ2n) is 4.52. The number of pyridine rings is 1. The molecule has 0 aliphatic carbocycles. The summed E-state index contributed by atoms with van der Waals surface area (Å²) in [5.41, 5.74) is 0.284. The molecule has 0 fully saturated rings. The van der Waals surface area contributed by atoms with Crippen LogP contribution in [0.1, 0.15) is 19.5 Å². The van der Waals surface area contributed by atoms with Crippen molar-refractivity contribution in [2.45, 2.75) is 26.3 Å². The normalized spacial score (nSPS) is 11.3. The van der Waals surface area contributed by atoms with Crippen LogP contribution in [0.5, 0.6) is 0 Å². The first-order chi connectivity index (χ1) is 7.85. The van der Waals surface area contributed by atoms with Crippen LogP contribution in [0.4, 0.5) is 11.5 Å². The Kier molecular flexibility index (Phi) is 4.01. The fourth-order valence-corrected chi connectivity index (χ4v) is 1.51. The van der Waals surface area contributed by atoms with Crippen molar-refractivity contribution in [2.24, 2.45) is 0 Å². The number of aryl methyl sites for hydroxylation is 1. The quantitative estimate of drug-likeness (QED) is 0.629. The number of anilines is 1. The van der Waals surface area contributed by atoms with Crippen LogP contribution in [-0.2, 0) is 4.74 Å². The van der Waals surface area contributed by atoms with Gasteiger partial charge in [0.2, 0.25) is 5.82 Å². The van der Waals surface area contributed by atoms with E-state index >= 15 is 0 Å². The van der Waals surface area contributed by atoms with E-state index in [4.69, 9.17) is 4.74 Å². The van der Waals surface area contributed by atoms with Crippen LogP contribution >= 0.6 is 0 Å². The predicted octanol–water partition coefficient (Wildman–Crippen LogP) is 2.14. The average molecular weight is 239 g/mol. The molecule has 0 saturated carbocycles. The summed E-state index contributed by atoms with van der Waals surface area (Å²) in [6.07, 6.45) is 0. The number of nitrogens with one attached hydrogen (secondary N) is 1. The lowest BCUT2D eigenvalue weighted by Crippen LogP contribution is -2.36. The third kappa shape index (κ3) is 3.67. The Hall–Kier alpha value is -1.69. The summed E-state index contributed by atoms with van der Waals surface area (Å²) in [4.78, 5) is 14.6. The van der Waals surface area contributed by atoms with Gasteiger partial charge in [-0.25, -0.2) is 4.98 Å². The van der Waals surface area contributed by atoms with Crippen LogP contribution in [0.3, 0.4) is 0 Å². The highest BCUT2D eigenvalue weighted by molar-refractivity contribution is 5.57. The zero-order valence-electron chi connectivity index (χ0n) is 10.5. The lowest BCUT2D eigenvalue weighted by Gasteiger charge is -2.25. The third-order valence-corrected chi connectivity index (χ3v) is 2.17. The Labute approximate surface area is 100 Å². The van der Waals surface area contributed by atoms with Crippen molar-refractivity contribution in [3.8, 4) is 0 Å². The molecule has 94 valence electrons. The average Bonchev–Trinajstić information content (AvgIpc) is 2.15.